The number of carbonyl (C=O) groups is 1. The van der Waals surface area contributed by atoms with E-state index >= 15 is 0 Å². The molecule has 3 aromatic rings. The number of fused-ring (bicyclic) bond motifs is 2. The smallest absolute Gasteiger partial charge is 0.358 e. The Bertz CT molecular complexity index is 1150. The molecule has 1 aliphatic carbocycles. The van der Waals surface area contributed by atoms with Gasteiger partial charge in [0.05, 0.1) is 7.11 Å². The summed E-state index contributed by atoms with van der Waals surface area (Å²) in [7, 11) is -2.64. The molecule has 1 aliphatic rings. The van der Waals surface area contributed by atoms with Crippen LogP contribution in [-0.2, 0) is 14.4 Å². The van der Waals surface area contributed by atoms with Gasteiger partial charge in [0, 0.05) is 22.3 Å². The number of oxime groups is 1. The van der Waals surface area contributed by atoms with E-state index < -0.39 is 10.1 Å². The molecule has 6 nitrogen and oxygen atoms in total. The first-order valence-electron chi connectivity index (χ1n) is 8.40. The largest absolute Gasteiger partial charge is 0.497 e. The van der Waals surface area contributed by atoms with Crippen molar-refractivity contribution < 1.29 is 22.2 Å². The van der Waals surface area contributed by atoms with Gasteiger partial charge in [0.1, 0.15) is 16.4 Å². The van der Waals surface area contributed by atoms with E-state index in [4.69, 9.17) is 9.02 Å². The van der Waals surface area contributed by atoms with Gasteiger partial charge in [-0.3, -0.25) is 9.08 Å². The van der Waals surface area contributed by atoms with Gasteiger partial charge in [-0.05, 0) is 24.3 Å². The normalized spacial score (nSPS) is 12.8. The van der Waals surface area contributed by atoms with Crippen molar-refractivity contribution in [2.24, 2.45) is 5.16 Å². The number of carbonyl (C=O) groups excluding carboxylic acids is 1. The number of ether oxygens (including phenoxy) is 1. The first-order valence-corrected chi connectivity index (χ1v) is 9.81. The molecule has 0 N–H and O–H groups in total. The molecule has 0 aromatic heterocycles. The lowest BCUT2D eigenvalue weighted by Gasteiger charge is -2.19. The van der Waals surface area contributed by atoms with Gasteiger partial charge in [-0.1, -0.05) is 53.7 Å². The van der Waals surface area contributed by atoms with Gasteiger partial charge >= 0.3 is 10.1 Å². The van der Waals surface area contributed by atoms with Crippen molar-refractivity contribution >= 4 is 21.6 Å². The zero-order chi connectivity index (χ0) is 19.7. The highest BCUT2D eigenvalue weighted by Gasteiger charge is 2.28. The highest BCUT2D eigenvalue weighted by atomic mass is 32.2. The summed E-state index contributed by atoms with van der Waals surface area (Å²) in [6.45, 7) is 0. The summed E-state index contributed by atoms with van der Waals surface area (Å²) < 4.78 is 35.1. The van der Waals surface area contributed by atoms with Crippen LogP contribution < -0.4 is 4.74 Å². The molecular formula is C21H15NO5S. The molecule has 3 aromatic carbocycles. The fourth-order valence-electron chi connectivity index (χ4n) is 3.04. The Balaban J connectivity index is 1.77. The van der Waals surface area contributed by atoms with Crippen LogP contribution >= 0.6 is 0 Å². The van der Waals surface area contributed by atoms with Crippen molar-refractivity contribution in [1.29, 1.82) is 0 Å². The van der Waals surface area contributed by atoms with Gasteiger partial charge in [-0.2, -0.15) is 8.42 Å². The zero-order valence-corrected chi connectivity index (χ0v) is 15.6. The van der Waals surface area contributed by atoms with Crippen LogP contribution in [0.3, 0.4) is 0 Å². The first kappa shape index (κ1) is 17.9. The second-order valence-electron chi connectivity index (χ2n) is 6.06. The van der Waals surface area contributed by atoms with Crippen LogP contribution in [0, 0.1) is 0 Å². The van der Waals surface area contributed by atoms with E-state index in [0.29, 0.717) is 33.7 Å². The van der Waals surface area contributed by atoms with E-state index in [1.54, 1.807) is 48.5 Å². The van der Waals surface area contributed by atoms with E-state index in [1.165, 1.54) is 31.4 Å². The molecule has 0 amide bonds. The van der Waals surface area contributed by atoms with Crippen LogP contribution in [0.15, 0.2) is 82.8 Å². The molecule has 0 bridgehead atoms. The second kappa shape index (κ2) is 6.94. The van der Waals surface area contributed by atoms with Crippen molar-refractivity contribution in [3.63, 3.8) is 0 Å². The van der Waals surface area contributed by atoms with Crippen LogP contribution in [0.4, 0.5) is 0 Å². The molecule has 28 heavy (non-hydrogen) atoms. The minimum absolute atomic E-state index is 0.0499. The van der Waals surface area contributed by atoms with Crippen molar-refractivity contribution in [3.05, 3.63) is 95.1 Å². The predicted molar refractivity (Wildman–Crippen MR) is 103 cm³/mol. The summed E-state index contributed by atoms with van der Waals surface area (Å²) in [5.74, 6) is 0.391. The lowest BCUT2D eigenvalue weighted by Crippen LogP contribution is -2.22. The summed E-state index contributed by atoms with van der Waals surface area (Å²) in [6.07, 6.45) is 0. The fraction of sp³-hybridized carbons (Fsp3) is 0.0476. The number of nitrogens with zero attached hydrogens (tertiary/aromatic N) is 1. The molecule has 0 spiro atoms. The third kappa shape index (κ3) is 3.05. The molecule has 0 atom stereocenters. The molecule has 0 unspecified atom stereocenters. The Labute approximate surface area is 162 Å². The van der Waals surface area contributed by atoms with Crippen LogP contribution in [0.5, 0.6) is 5.75 Å². The minimum atomic E-state index is -4.13. The SMILES string of the molecule is COc1ccc(S(=O)(=O)ON=C2c3ccccc3C(=O)c3ccccc32)cc1. The molecule has 0 fully saturated rings. The highest BCUT2D eigenvalue weighted by molar-refractivity contribution is 7.86. The number of ketones is 1. The van der Waals surface area contributed by atoms with E-state index in [-0.39, 0.29) is 10.7 Å². The molecule has 7 heteroatoms. The van der Waals surface area contributed by atoms with Crippen molar-refractivity contribution in [2.45, 2.75) is 4.90 Å². The third-order valence-electron chi connectivity index (χ3n) is 4.43. The van der Waals surface area contributed by atoms with Crippen molar-refractivity contribution in [2.75, 3.05) is 7.11 Å². The van der Waals surface area contributed by atoms with Crippen LogP contribution in [0.25, 0.3) is 0 Å². The topological polar surface area (TPSA) is 82.0 Å². The Morgan fingerprint density at radius 1 is 0.750 bits per heavy atom. The van der Waals surface area contributed by atoms with Crippen LogP contribution in [0.2, 0.25) is 0 Å². The van der Waals surface area contributed by atoms with Gasteiger partial charge in [0.2, 0.25) is 0 Å². The second-order valence-corrected chi connectivity index (χ2v) is 7.59. The Hall–Kier alpha value is -3.45. The average Bonchev–Trinajstić information content (AvgIpc) is 2.74. The van der Waals surface area contributed by atoms with Gasteiger partial charge < -0.3 is 4.74 Å². The molecule has 0 saturated heterocycles. The van der Waals surface area contributed by atoms with Crippen molar-refractivity contribution in [3.8, 4) is 5.75 Å². The van der Waals surface area contributed by atoms with E-state index in [0.717, 1.165) is 0 Å². The number of hydrogen-bond acceptors (Lipinski definition) is 6. The predicted octanol–water partition coefficient (Wildman–Crippen LogP) is 3.40. The molecule has 4 rings (SSSR count). The van der Waals surface area contributed by atoms with Crippen LogP contribution in [-0.4, -0.2) is 27.0 Å². The third-order valence-corrected chi connectivity index (χ3v) is 5.55. The molecule has 0 heterocycles. The van der Waals surface area contributed by atoms with E-state index in [2.05, 4.69) is 5.16 Å². The molecule has 0 radical (unpaired) electrons. The summed E-state index contributed by atoms with van der Waals surface area (Å²) >= 11 is 0. The average molecular weight is 393 g/mol. The maximum atomic E-state index is 12.7. The van der Waals surface area contributed by atoms with E-state index in [1.807, 2.05) is 0 Å². The van der Waals surface area contributed by atoms with Gasteiger partial charge in [-0.25, -0.2) is 0 Å². The van der Waals surface area contributed by atoms with Gasteiger partial charge in [-0.15, -0.1) is 0 Å². The molecule has 140 valence electrons. The summed E-state index contributed by atoms with van der Waals surface area (Å²) in [6, 6.07) is 19.6. The highest BCUT2D eigenvalue weighted by Crippen LogP contribution is 2.28. The van der Waals surface area contributed by atoms with Gasteiger partial charge in [0.25, 0.3) is 0 Å². The van der Waals surface area contributed by atoms with Crippen molar-refractivity contribution in [1.82, 2.24) is 0 Å². The number of rotatable bonds is 4. The Kier molecular flexibility index (Phi) is 4.44. The Morgan fingerprint density at radius 3 is 1.75 bits per heavy atom. The molecular weight excluding hydrogens is 378 g/mol. The molecule has 0 saturated carbocycles. The van der Waals surface area contributed by atoms with E-state index in [9.17, 15) is 13.2 Å². The minimum Gasteiger partial charge on any atom is -0.497 e. The lowest BCUT2D eigenvalue weighted by atomic mass is 9.84. The van der Waals surface area contributed by atoms with Gasteiger partial charge in [0.15, 0.2) is 5.78 Å². The lowest BCUT2D eigenvalue weighted by molar-refractivity contribution is 0.103. The summed E-state index contributed by atoms with van der Waals surface area (Å²) in [4.78, 5) is 12.7. The quantitative estimate of drug-likeness (QED) is 0.496. The number of hydrogen-bond donors (Lipinski definition) is 0. The summed E-state index contributed by atoms with van der Waals surface area (Å²) in [5.41, 5.74) is 2.24. The maximum absolute atomic E-state index is 12.7. The fourth-order valence-corrected chi connectivity index (χ4v) is 3.76. The molecule has 0 aliphatic heterocycles. The monoisotopic (exact) mass is 393 g/mol. The number of methoxy groups -OCH3 is 1. The maximum Gasteiger partial charge on any atom is 0.358 e. The first-order chi connectivity index (χ1) is 13.5. The van der Waals surface area contributed by atoms with Crippen LogP contribution in [0.1, 0.15) is 27.0 Å². The zero-order valence-electron chi connectivity index (χ0n) is 14.8. The summed E-state index contributed by atoms with van der Waals surface area (Å²) in [5, 5.41) is 3.94. The number of benzene rings is 3. The standard InChI is InChI=1S/C21H15NO5S/c1-26-14-10-12-15(13-11-14)28(24,25)27-22-20-16-6-2-4-8-18(16)21(23)19-9-5-3-7-17(19)20/h2-13H,1H3. The Morgan fingerprint density at radius 2 is 1.25 bits per heavy atom.